The topological polar surface area (TPSA) is 78.4 Å². The SMILES string of the molecule is O=C(O)c1csc(CNC2CCCCNC2=O)c1. The van der Waals surface area contributed by atoms with Crippen molar-refractivity contribution < 1.29 is 14.7 Å². The maximum Gasteiger partial charge on any atom is 0.336 e. The van der Waals surface area contributed by atoms with E-state index < -0.39 is 5.97 Å². The molecule has 0 radical (unpaired) electrons. The monoisotopic (exact) mass is 268 g/mol. The number of carboxylic acids is 1. The molecule has 18 heavy (non-hydrogen) atoms. The van der Waals surface area contributed by atoms with Gasteiger partial charge in [0.2, 0.25) is 5.91 Å². The summed E-state index contributed by atoms with van der Waals surface area (Å²) in [6.45, 7) is 1.29. The summed E-state index contributed by atoms with van der Waals surface area (Å²) in [6, 6.07) is 1.48. The van der Waals surface area contributed by atoms with Crippen LogP contribution in [0.15, 0.2) is 11.4 Å². The van der Waals surface area contributed by atoms with Gasteiger partial charge in [0.05, 0.1) is 11.6 Å². The highest BCUT2D eigenvalue weighted by Gasteiger charge is 2.20. The molecular formula is C12H16N2O3S. The van der Waals surface area contributed by atoms with Crippen molar-refractivity contribution in [2.45, 2.75) is 31.8 Å². The van der Waals surface area contributed by atoms with E-state index in [1.54, 1.807) is 11.4 Å². The molecule has 0 saturated carbocycles. The Morgan fingerprint density at radius 1 is 1.56 bits per heavy atom. The van der Waals surface area contributed by atoms with E-state index in [2.05, 4.69) is 10.6 Å². The second-order valence-corrected chi connectivity index (χ2v) is 5.32. The zero-order valence-electron chi connectivity index (χ0n) is 9.94. The van der Waals surface area contributed by atoms with Crippen LogP contribution in [-0.4, -0.2) is 29.6 Å². The predicted molar refractivity (Wildman–Crippen MR) is 68.8 cm³/mol. The highest BCUT2D eigenvalue weighted by Crippen LogP contribution is 2.15. The molecule has 1 aliphatic heterocycles. The van der Waals surface area contributed by atoms with Crippen LogP contribution in [0, 0.1) is 0 Å². The van der Waals surface area contributed by atoms with Crippen molar-refractivity contribution in [2.75, 3.05) is 6.54 Å². The Bertz CT molecular complexity index is 444. The number of carboxylic acid groups (broad SMARTS) is 1. The summed E-state index contributed by atoms with van der Waals surface area (Å²) in [6.07, 6.45) is 2.89. The molecular weight excluding hydrogens is 252 g/mol. The number of aromatic carboxylic acids is 1. The van der Waals surface area contributed by atoms with E-state index in [1.165, 1.54) is 11.3 Å². The van der Waals surface area contributed by atoms with Gasteiger partial charge >= 0.3 is 5.97 Å². The molecule has 1 amide bonds. The van der Waals surface area contributed by atoms with E-state index in [1.807, 2.05) is 0 Å². The third-order valence-corrected chi connectivity index (χ3v) is 3.90. The predicted octanol–water partition coefficient (Wildman–Crippen LogP) is 1.20. The molecule has 1 atom stereocenters. The Morgan fingerprint density at radius 3 is 3.11 bits per heavy atom. The first-order chi connectivity index (χ1) is 8.66. The largest absolute Gasteiger partial charge is 0.478 e. The van der Waals surface area contributed by atoms with Gasteiger partial charge in [-0.05, 0) is 25.3 Å². The van der Waals surface area contributed by atoms with Gasteiger partial charge in [-0.3, -0.25) is 4.79 Å². The van der Waals surface area contributed by atoms with E-state index in [0.717, 1.165) is 30.7 Å². The summed E-state index contributed by atoms with van der Waals surface area (Å²) in [5.74, 6) is -0.868. The number of carbonyl (C=O) groups excluding carboxylic acids is 1. The lowest BCUT2D eigenvalue weighted by molar-refractivity contribution is -0.122. The molecule has 2 heterocycles. The minimum absolute atomic E-state index is 0.0440. The van der Waals surface area contributed by atoms with Gasteiger partial charge in [-0.1, -0.05) is 0 Å². The fraction of sp³-hybridized carbons (Fsp3) is 0.500. The normalized spacial score (nSPS) is 20.2. The second-order valence-electron chi connectivity index (χ2n) is 4.33. The molecule has 0 aromatic carbocycles. The fourth-order valence-electron chi connectivity index (χ4n) is 1.94. The molecule has 0 spiro atoms. The molecule has 1 aliphatic rings. The Labute approximate surface area is 109 Å². The third-order valence-electron chi connectivity index (χ3n) is 2.96. The van der Waals surface area contributed by atoms with E-state index in [4.69, 9.17) is 5.11 Å². The van der Waals surface area contributed by atoms with E-state index >= 15 is 0 Å². The Kier molecular flexibility index (Phi) is 4.33. The maximum absolute atomic E-state index is 11.7. The molecule has 5 nitrogen and oxygen atoms in total. The molecule has 2 rings (SSSR count). The zero-order valence-corrected chi connectivity index (χ0v) is 10.8. The van der Waals surface area contributed by atoms with Gasteiger partial charge in [0.15, 0.2) is 0 Å². The number of nitrogens with one attached hydrogen (secondary N) is 2. The average Bonchev–Trinajstić information content (AvgIpc) is 2.72. The molecule has 1 aromatic rings. The summed E-state index contributed by atoms with van der Waals surface area (Å²) in [5.41, 5.74) is 0.308. The minimum atomic E-state index is -0.912. The van der Waals surface area contributed by atoms with E-state index in [-0.39, 0.29) is 11.9 Å². The van der Waals surface area contributed by atoms with Crippen LogP contribution in [0.5, 0.6) is 0 Å². The van der Waals surface area contributed by atoms with Crippen molar-refractivity contribution in [1.82, 2.24) is 10.6 Å². The van der Waals surface area contributed by atoms with Crippen molar-refractivity contribution in [3.05, 3.63) is 21.9 Å². The Morgan fingerprint density at radius 2 is 2.39 bits per heavy atom. The first-order valence-corrected chi connectivity index (χ1v) is 6.86. The van der Waals surface area contributed by atoms with Gasteiger partial charge in [0.1, 0.15) is 0 Å². The van der Waals surface area contributed by atoms with Crippen LogP contribution < -0.4 is 10.6 Å². The Hall–Kier alpha value is -1.40. The zero-order chi connectivity index (χ0) is 13.0. The Balaban J connectivity index is 1.89. The van der Waals surface area contributed by atoms with Crippen molar-refractivity contribution >= 4 is 23.2 Å². The molecule has 6 heteroatoms. The molecule has 1 saturated heterocycles. The molecule has 98 valence electrons. The van der Waals surface area contributed by atoms with Gasteiger partial charge in [0.25, 0.3) is 0 Å². The molecule has 1 fully saturated rings. The lowest BCUT2D eigenvalue weighted by Gasteiger charge is -2.14. The second kappa shape index (κ2) is 5.97. The van der Waals surface area contributed by atoms with Gasteiger partial charge in [0, 0.05) is 23.3 Å². The van der Waals surface area contributed by atoms with Crippen LogP contribution in [0.25, 0.3) is 0 Å². The molecule has 1 unspecified atom stereocenters. The van der Waals surface area contributed by atoms with Gasteiger partial charge in [-0.25, -0.2) is 4.79 Å². The van der Waals surface area contributed by atoms with Crippen molar-refractivity contribution in [3.8, 4) is 0 Å². The number of thiophene rings is 1. The number of rotatable bonds is 4. The van der Waals surface area contributed by atoms with Crippen LogP contribution >= 0.6 is 11.3 Å². The first kappa shape index (κ1) is 13.0. The number of hydrogen-bond acceptors (Lipinski definition) is 4. The summed E-state index contributed by atoms with van der Waals surface area (Å²) >= 11 is 1.40. The molecule has 1 aromatic heterocycles. The van der Waals surface area contributed by atoms with E-state index in [0.29, 0.717) is 12.1 Å². The number of amides is 1. The van der Waals surface area contributed by atoms with Crippen molar-refractivity contribution in [3.63, 3.8) is 0 Å². The lowest BCUT2D eigenvalue weighted by Crippen LogP contribution is -2.42. The van der Waals surface area contributed by atoms with Gasteiger partial charge in [-0.2, -0.15) is 0 Å². The van der Waals surface area contributed by atoms with Gasteiger partial charge in [-0.15, -0.1) is 11.3 Å². The van der Waals surface area contributed by atoms with Crippen LogP contribution in [-0.2, 0) is 11.3 Å². The summed E-state index contributed by atoms with van der Waals surface area (Å²) in [7, 11) is 0. The van der Waals surface area contributed by atoms with Crippen LogP contribution in [0.2, 0.25) is 0 Å². The standard InChI is InChI=1S/C12H16N2O3S/c15-11-10(3-1-2-4-13-11)14-6-9-5-8(7-18-9)12(16)17/h5,7,10,14H,1-4,6H2,(H,13,15)(H,16,17). The third kappa shape index (κ3) is 3.30. The quantitative estimate of drug-likeness (QED) is 0.767. The molecule has 0 aliphatic carbocycles. The fourth-order valence-corrected chi connectivity index (χ4v) is 2.75. The minimum Gasteiger partial charge on any atom is -0.478 e. The average molecular weight is 268 g/mol. The van der Waals surface area contributed by atoms with Gasteiger partial charge < -0.3 is 15.7 Å². The smallest absolute Gasteiger partial charge is 0.336 e. The number of hydrogen-bond donors (Lipinski definition) is 3. The van der Waals surface area contributed by atoms with Crippen LogP contribution in [0.3, 0.4) is 0 Å². The lowest BCUT2D eigenvalue weighted by atomic mass is 10.1. The highest BCUT2D eigenvalue weighted by atomic mass is 32.1. The summed E-state index contributed by atoms with van der Waals surface area (Å²) in [4.78, 5) is 23.4. The van der Waals surface area contributed by atoms with E-state index in [9.17, 15) is 9.59 Å². The number of carbonyl (C=O) groups is 2. The van der Waals surface area contributed by atoms with Crippen molar-refractivity contribution in [1.29, 1.82) is 0 Å². The first-order valence-electron chi connectivity index (χ1n) is 5.98. The summed E-state index contributed by atoms with van der Waals surface area (Å²) in [5, 5.41) is 16.5. The summed E-state index contributed by atoms with van der Waals surface area (Å²) < 4.78 is 0. The van der Waals surface area contributed by atoms with Crippen molar-refractivity contribution in [2.24, 2.45) is 0 Å². The van der Waals surface area contributed by atoms with Crippen LogP contribution in [0.1, 0.15) is 34.5 Å². The highest BCUT2D eigenvalue weighted by molar-refractivity contribution is 7.10. The molecule has 0 bridgehead atoms. The van der Waals surface area contributed by atoms with Crippen LogP contribution in [0.4, 0.5) is 0 Å². The maximum atomic E-state index is 11.7. The molecule has 3 N–H and O–H groups in total.